The summed E-state index contributed by atoms with van der Waals surface area (Å²) in [6.45, 7) is 4.13. The Morgan fingerprint density at radius 1 is 1.10 bits per heavy atom. The van der Waals surface area contributed by atoms with Crippen molar-refractivity contribution in [3.63, 3.8) is 0 Å². The Hall–Kier alpha value is -3.58. The molecule has 1 aromatic heterocycles. The molecule has 0 radical (unpaired) electrons. The lowest BCUT2D eigenvalue weighted by atomic mass is 10.0. The van der Waals surface area contributed by atoms with Gasteiger partial charge in [0.2, 0.25) is 0 Å². The third-order valence-electron chi connectivity index (χ3n) is 4.24. The molecule has 0 aliphatic heterocycles. The number of hydrogen-bond donors (Lipinski definition) is 1. The molecule has 1 amide bonds. The van der Waals surface area contributed by atoms with E-state index in [1.807, 2.05) is 5.38 Å². The van der Waals surface area contributed by atoms with Crippen LogP contribution in [0.4, 0.5) is 0 Å². The van der Waals surface area contributed by atoms with Gasteiger partial charge in [0.15, 0.2) is 0 Å². The summed E-state index contributed by atoms with van der Waals surface area (Å²) in [4.78, 5) is 45.2. The van der Waals surface area contributed by atoms with Crippen LogP contribution in [0.25, 0.3) is 12.2 Å². The van der Waals surface area contributed by atoms with Crippen LogP contribution in [0.15, 0.2) is 53.9 Å². The van der Waals surface area contributed by atoms with E-state index in [1.54, 1.807) is 48.6 Å². The van der Waals surface area contributed by atoms with Crippen LogP contribution in [0.3, 0.4) is 0 Å². The van der Waals surface area contributed by atoms with E-state index in [1.165, 1.54) is 23.5 Å². The van der Waals surface area contributed by atoms with Crippen molar-refractivity contribution in [2.75, 3.05) is 0 Å². The maximum atomic E-state index is 12.6. The van der Waals surface area contributed by atoms with Gasteiger partial charge in [-0.1, -0.05) is 44.2 Å². The number of carbonyl (C=O) groups is 3. The lowest BCUT2D eigenvalue weighted by Gasteiger charge is -2.08. The number of hydroxylamine groups is 1. The second kappa shape index (κ2) is 9.76. The molecule has 0 aliphatic rings. The highest BCUT2D eigenvalue weighted by molar-refractivity contribution is 7.10. The third kappa shape index (κ3) is 5.27. The number of aromatic nitrogens is 1. The van der Waals surface area contributed by atoms with Gasteiger partial charge in [-0.2, -0.15) is 5.48 Å². The summed E-state index contributed by atoms with van der Waals surface area (Å²) in [5.74, 6) is -0.949. The van der Waals surface area contributed by atoms with E-state index in [-0.39, 0.29) is 5.56 Å². The molecule has 0 aliphatic carbocycles. The third-order valence-corrected chi connectivity index (χ3v) is 5.07. The number of carbonyl (C=O) groups excluding carboxylic acids is 3. The number of aldehydes is 1. The van der Waals surface area contributed by atoms with E-state index >= 15 is 0 Å². The predicted octanol–water partition coefficient (Wildman–Crippen LogP) is 4.75. The fourth-order valence-corrected chi connectivity index (χ4v) is 3.45. The van der Waals surface area contributed by atoms with Gasteiger partial charge in [-0.15, -0.1) is 11.3 Å². The van der Waals surface area contributed by atoms with Crippen molar-refractivity contribution in [3.05, 3.63) is 86.9 Å². The van der Waals surface area contributed by atoms with E-state index in [9.17, 15) is 14.4 Å². The first-order valence-corrected chi connectivity index (χ1v) is 10.1. The van der Waals surface area contributed by atoms with Crippen LogP contribution in [0.2, 0.25) is 0 Å². The van der Waals surface area contributed by atoms with Gasteiger partial charge in [0.05, 0.1) is 11.3 Å². The first kappa shape index (κ1) is 21.1. The summed E-state index contributed by atoms with van der Waals surface area (Å²) in [5.41, 5.74) is 4.68. The van der Waals surface area contributed by atoms with Crippen molar-refractivity contribution in [1.29, 1.82) is 0 Å². The van der Waals surface area contributed by atoms with Crippen LogP contribution in [0.1, 0.15) is 67.1 Å². The zero-order valence-corrected chi connectivity index (χ0v) is 17.3. The Morgan fingerprint density at radius 2 is 1.87 bits per heavy atom. The number of hydrogen-bond acceptors (Lipinski definition) is 6. The normalized spacial score (nSPS) is 10.9. The SMILES string of the molecule is CC(C)c1csc(/C=C/c2cc(C=O)ccc2C(=O)NOC(=O)c2ccccc2)n1. The lowest BCUT2D eigenvalue weighted by molar-refractivity contribution is 0.0230. The average molecular weight is 420 g/mol. The van der Waals surface area contributed by atoms with Gasteiger partial charge in [-0.05, 0) is 41.8 Å². The van der Waals surface area contributed by atoms with Gasteiger partial charge < -0.3 is 4.84 Å². The molecule has 1 N–H and O–H groups in total. The number of nitrogens with one attached hydrogen (secondary N) is 1. The van der Waals surface area contributed by atoms with E-state index in [2.05, 4.69) is 24.3 Å². The Kier molecular flexibility index (Phi) is 6.87. The van der Waals surface area contributed by atoms with Gasteiger partial charge >= 0.3 is 5.97 Å². The summed E-state index contributed by atoms with van der Waals surface area (Å²) in [5, 5.41) is 2.78. The molecule has 3 aromatic rings. The van der Waals surface area contributed by atoms with Gasteiger partial charge in [-0.3, -0.25) is 9.59 Å². The van der Waals surface area contributed by atoms with Gasteiger partial charge in [0.1, 0.15) is 11.3 Å². The van der Waals surface area contributed by atoms with Gasteiger partial charge in [0.25, 0.3) is 5.91 Å². The Bertz CT molecular complexity index is 1090. The zero-order chi connectivity index (χ0) is 21.5. The Labute approximate surface area is 178 Å². The van der Waals surface area contributed by atoms with Crippen LogP contribution in [0.5, 0.6) is 0 Å². The highest BCUT2D eigenvalue weighted by Gasteiger charge is 2.14. The number of benzene rings is 2. The molecule has 3 rings (SSSR count). The summed E-state index contributed by atoms with van der Waals surface area (Å²) < 4.78 is 0. The minimum Gasteiger partial charge on any atom is -0.335 e. The zero-order valence-electron chi connectivity index (χ0n) is 16.5. The van der Waals surface area contributed by atoms with E-state index in [4.69, 9.17) is 4.84 Å². The fourth-order valence-electron chi connectivity index (χ4n) is 2.58. The number of nitrogens with zero attached hydrogens (tertiary/aromatic N) is 1. The molecule has 1 heterocycles. The smallest absolute Gasteiger partial charge is 0.335 e. The Morgan fingerprint density at radius 3 is 2.53 bits per heavy atom. The summed E-state index contributed by atoms with van der Waals surface area (Å²) in [7, 11) is 0. The molecule has 152 valence electrons. The van der Waals surface area contributed by atoms with Gasteiger partial charge in [0, 0.05) is 16.5 Å². The van der Waals surface area contributed by atoms with E-state index in [0.717, 1.165) is 10.7 Å². The first-order valence-electron chi connectivity index (χ1n) is 9.27. The molecule has 6 nitrogen and oxygen atoms in total. The average Bonchev–Trinajstić information content (AvgIpc) is 3.25. The Balaban J connectivity index is 1.78. The summed E-state index contributed by atoms with van der Waals surface area (Å²) in [6.07, 6.45) is 4.20. The van der Waals surface area contributed by atoms with Crippen molar-refractivity contribution in [2.24, 2.45) is 0 Å². The molecular weight excluding hydrogens is 400 g/mol. The number of thiazole rings is 1. The molecule has 30 heavy (non-hydrogen) atoms. The van der Waals surface area contributed by atoms with Crippen molar-refractivity contribution >= 4 is 41.7 Å². The maximum absolute atomic E-state index is 12.6. The molecule has 2 aromatic carbocycles. The minimum atomic E-state index is -0.672. The molecule has 0 atom stereocenters. The van der Waals surface area contributed by atoms with Crippen molar-refractivity contribution < 1.29 is 19.2 Å². The van der Waals surface area contributed by atoms with Gasteiger partial charge in [-0.25, -0.2) is 9.78 Å². The topological polar surface area (TPSA) is 85.4 Å². The second-order valence-electron chi connectivity index (χ2n) is 6.75. The number of rotatable bonds is 6. The quantitative estimate of drug-likeness (QED) is 0.459. The molecule has 0 fully saturated rings. The van der Waals surface area contributed by atoms with Crippen LogP contribution in [-0.2, 0) is 4.84 Å². The van der Waals surface area contributed by atoms with E-state index < -0.39 is 11.9 Å². The van der Waals surface area contributed by atoms with Crippen molar-refractivity contribution in [1.82, 2.24) is 10.5 Å². The standard InChI is InChI=1S/C23H20N2O4S/c1-15(2)20-14-30-21(24-20)11-9-18-12-16(13-26)8-10-19(18)22(27)25-29-23(28)17-6-4-3-5-7-17/h3-15H,1-2H3,(H,25,27)/b11-9+. The van der Waals surface area contributed by atoms with E-state index in [0.29, 0.717) is 28.9 Å². The molecule has 0 saturated heterocycles. The molecule has 7 heteroatoms. The number of amides is 1. The second-order valence-corrected chi connectivity index (χ2v) is 7.64. The summed E-state index contributed by atoms with van der Waals surface area (Å²) in [6, 6.07) is 13.0. The molecule has 0 spiro atoms. The maximum Gasteiger partial charge on any atom is 0.362 e. The molecular formula is C23H20N2O4S. The lowest BCUT2D eigenvalue weighted by Crippen LogP contribution is -2.27. The predicted molar refractivity (Wildman–Crippen MR) is 116 cm³/mol. The van der Waals surface area contributed by atoms with Crippen LogP contribution in [0, 0.1) is 0 Å². The molecule has 0 saturated carbocycles. The molecule has 0 unspecified atom stereocenters. The largest absolute Gasteiger partial charge is 0.362 e. The minimum absolute atomic E-state index is 0.262. The van der Waals surface area contributed by atoms with Crippen LogP contribution < -0.4 is 5.48 Å². The highest BCUT2D eigenvalue weighted by atomic mass is 32.1. The van der Waals surface area contributed by atoms with Crippen molar-refractivity contribution in [2.45, 2.75) is 19.8 Å². The van der Waals surface area contributed by atoms with Crippen molar-refractivity contribution in [3.8, 4) is 0 Å². The fraction of sp³-hybridized carbons (Fsp3) is 0.130. The van der Waals surface area contributed by atoms with Crippen LogP contribution >= 0.6 is 11.3 Å². The monoisotopic (exact) mass is 420 g/mol. The first-order chi connectivity index (χ1) is 14.5. The summed E-state index contributed by atoms with van der Waals surface area (Å²) >= 11 is 1.50. The highest BCUT2D eigenvalue weighted by Crippen LogP contribution is 2.21. The molecule has 0 bridgehead atoms. The van der Waals surface area contributed by atoms with Crippen LogP contribution in [-0.4, -0.2) is 23.1 Å².